The topological polar surface area (TPSA) is 25.8 Å². The first-order valence-corrected chi connectivity index (χ1v) is 22.4. The molecule has 1 aliphatic rings. The fourth-order valence-electron chi connectivity index (χ4n) is 9.81. The van der Waals surface area contributed by atoms with E-state index >= 15 is 0 Å². The van der Waals surface area contributed by atoms with Crippen LogP contribution in [0.25, 0.3) is 98.6 Å². The largest absolute Gasteiger partial charge is 0.228 e. The van der Waals surface area contributed by atoms with Crippen molar-refractivity contribution < 1.29 is 0 Å². The summed E-state index contributed by atoms with van der Waals surface area (Å²) in [5.41, 5.74) is 18.1. The highest BCUT2D eigenvalue weighted by atomic mass is 32.1. The molecule has 0 amide bonds. The highest BCUT2D eigenvalue weighted by molar-refractivity contribution is 7.25. The molecule has 1 unspecified atom stereocenters. The smallest absolute Gasteiger partial charge is 0.160 e. The molecule has 0 N–H and O–H groups in total. The minimum atomic E-state index is -0.252. The molecule has 0 radical (unpaired) electrons. The molecule has 2 aromatic heterocycles. The van der Waals surface area contributed by atoms with Gasteiger partial charge in [0.1, 0.15) is 0 Å². The van der Waals surface area contributed by atoms with Crippen LogP contribution in [0.5, 0.6) is 0 Å². The van der Waals surface area contributed by atoms with Gasteiger partial charge in [-0.05, 0) is 117 Å². The number of hydrogen-bond acceptors (Lipinski definition) is 3. The fraction of sp³-hybridized carbons (Fsp3) is 0.0333. The van der Waals surface area contributed by atoms with E-state index in [4.69, 9.17) is 9.97 Å². The predicted octanol–water partition coefficient (Wildman–Crippen LogP) is 16.2. The maximum Gasteiger partial charge on any atom is 0.160 e. The fourth-order valence-corrected chi connectivity index (χ4v) is 10.9. The highest BCUT2D eigenvalue weighted by Crippen LogP contribution is 2.53. The Labute approximate surface area is 371 Å². The molecule has 0 saturated heterocycles. The lowest BCUT2D eigenvalue weighted by atomic mass is 9.74. The first-order valence-electron chi connectivity index (χ1n) is 21.6. The average molecular weight is 821 g/mol. The van der Waals surface area contributed by atoms with Crippen molar-refractivity contribution in [3.8, 4) is 78.4 Å². The van der Waals surface area contributed by atoms with Crippen LogP contribution in [-0.4, -0.2) is 9.97 Å². The quantitative estimate of drug-likeness (QED) is 0.160. The second-order valence-electron chi connectivity index (χ2n) is 16.6. The zero-order valence-corrected chi connectivity index (χ0v) is 35.5. The maximum absolute atomic E-state index is 5.32. The predicted molar refractivity (Wildman–Crippen MR) is 265 cm³/mol. The van der Waals surface area contributed by atoms with E-state index in [2.05, 4.69) is 207 Å². The molecule has 296 valence electrons. The Morgan fingerprint density at radius 3 is 1.67 bits per heavy atom. The van der Waals surface area contributed by atoms with E-state index in [1.54, 1.807) is 0 Å². The minimum Gasteiger partial charge on any atom is -0.228 e. The molecule has 0 saturated carbocycles. The van der Waals surface area contributed by atoms with E-state index in [0.29, 0.717) is 5.82 Å². The van der Waals surface area contributed by atoms with Crippen molar-refractivity contribution in [2.45, 2.75) is 12.3 Å². The summed E-state index contributed by atoms with van der Waals surface area (Å²) >= 11 is 1.85. The minimum absolute atomic E-state index is 0.252. The van der Waals surface area contributed by atoms with Crippen LogP contribution in [0.4, 0.5) is 0 Å². The van der Waals surface area contributed by atoms with Crippen LogP contribution in [-0.2, 0) is 5.41 Å². The van der Waals surface area contributed by atoms with Crippen LogP contribution in [0.15, 0.2) is 224 Å². The van der Waals surface area contributed by atoms with Gasteiger partial charge >= 0.3 is 0 Å². The lowest BCUT2D eigenvalue weighted by Crippen LogP contribution is -2.22. The Bertz CT molecular complexity index is 3460. The Balaban J connectivity index is 1.07. The van der Waals surface area contributed by atoms with Crippen LogP contribution < -0.4 is 0 Å². The third-order valence-electron chi connectivity index (χ3n) is 13.0. The summed E-state index contributed by atoms with van der Waals surface area (Å²) in [6.45, 7) is 2.38. The highest BCUT2D eigenvalue weighted by Gasteiger charge is 2.40. The molecule has 2 heterocycles. The molecular formula is C60H40N2S. The second-order valence-corrected chi connectivity index (χ2v) is 17.7. The van der Waals surface area contributed by atoms with Gasteiger partial charge in [0, 0.05) is 42.3 Å². The van der Waals surface area contributed by atoms with Crippen molar-refractivity contribution in [1.29, 1.82) is 0 Å². The number of benzene rings is 9. The van der Waals surface area contributed by atoms with E-state index in [9.17, 15) is 0 Å². The van der Waals surface area contributed by atoms with Crippen molar-refractivity contribution in [3.63, 3.8) is 0 Å². The Morgan fingerprint density at radius 1 is 0.333 bits per heavy atom. The lowest BCUT2D eigenvalue weighted by Gasteiger charge is -2.28. The van der Waals surface area contributed by atoms with E-state index in [1.807, 2.05) is 35.6 Å². The van der Waals surface area contributed by atoms with Gasteiger partial charge in [-0.25, -0.2) is 9.97 Å². The third kappa shape index (κ3) is 6.31. The lowest BCUT2D eigenvalue weighted by molar-refractivity contribution is 0.714. The van der Waals surface area contributed by atoms with Crippen LogP contribution in [0.2, 0.25) is 0 Å². The van der Waals surface area contributed by atoms with Crippen molar-refractivity contribution in [2.24, 2.45) is 0 Å². The summed E-state index contributed by atoms with van der Waals surface area (Å²) in [4.78, 5) is 10.5. The molecule has 1 atom stereocenters. The van der Waals surface area contributed by atoms with Gasteiger partial charge in [0.25, 0.3) is 0 Å². The van der Waals surface area contributed by atoms with Crippen LogP contribution >= 0.6 is 11.3 Å². The molecule has 1 aliphatic carbocycles. The molecular weight excluding hydrogens is 781 g/mol. The Kier molecular flexibility index (Phi) is 8.84. The van der Waals surface area contributed by atoms with Crippen LogP contribution in [0.3, 0.4) is 0 Å². The summed E-state index contributed by atoms with van der Waals surface area (Å²) in [7, 11) is 0. The summed E-state index contributed by atoms with van der Waals surface area (Å²) in [5.74, 6) is 0.700. The first-order chi connectivity index (χ1) is 31.1. The van der Waals surface area contributed by atoms with Crippen molar-refractivity contribution in [3.05, 3.63) is 241 Å². The second kappa shape index (κ2) is 15.0. The van der Waals surface area contributed by atoms with Gasteiger partial charge in [-0.2, -0.15) is 0 Å². The standard InChI is InChI=1S/C60H40N2S/c1-60(46-21-9-4-10-22-46)53-27-15-13-25-49(53)51-37-42(29-31-54(51)60)47-23-11-12-24-48(47)44-33-43(41-30-32-58-52(36-41)50-26-14-16-28-57(50)63-58)34-45(35-44)56-38-55(39-17-5-2-6-18-39)61-59(62-56)40-19-7-3-8-20-40/h2-38H,1H3. The Morgan fingerprint density at radius 2 is 0.889 bits per heavy atom. The Hall–Kier alpha value is -7.72. The summed E-state index contributed by atoms with van der Waals surface area (Å²) < 4.78 is 2.59. The number of hydrogen-bond donors (Lipinski definition) is 0. The van der Waals surface area contributed by atoms with Gasteiger partial charge in [0.15, 0.2) is 5.82 Å². The third-order valence-corrected chi connectivity index (χ3v) is 14.1. The average Bonchev–Trinajstić information content (AvgIpc) is 3.87. The molecule has 63 heavy (non-hydrogen) atoms. The van der Waals surface area contributed by atoms with E-state index in [0.717, 1.165) is 39.2 Å². The zero-order valence-electron chi connectivity index (χ0n) is 34.7. The molecule has 11 aromatic rings. The van der Waals surface area contributed by atoms with Crippen molar-refractivity contribution >= 4 is 31.5 Å². The molecule has 0 fully saturated rings. The zero-order chi connectivity index (χ0) is 41.9. The van der Waals surface area contributed by atoms with E-state index < -0.39 is 0 Å². The van der Waals surface area contributed by atoms with Crippen LogP contribution in [0.1, 0.15) is 23.6 Å². The number of nitrogens with zero attached hydrogens (tertiary/aromatic N) is 2. The monoisotopic (exact) mass is 820 g/mol. The van der Waals surface area contributed by atoms with Gasteiger partial charge < -0.3 is 0 Å². The first kappa shape index (κ1) is 37.1. The van der Waals surface area contributed by atoms with Crippen molar-refractivity contribution in [1.82, 2.24) is 9.97 Å². The number of thiophene rings is 1. The van der Waals surface area contributed by atoms with Gasteiger partial charge in [-0.15, -0.1) is 11.3 Å². The maximum atomic E-state index is 5.32. The molecule has 0 bridgehead atoms. The molecule has 0 spiro atoms. The summed E-state index contributed by atoms with van der Waals surface area (Å²) in [6, 6.07) is 81.4. The molecule has 2 nitrogen and oxygen atoms in total. The molecule has 0 aliphatic heterocycles. The van der Waals surface area contributed by atoms with Crippen molar-refractivity contribution in [2.75, 3.05) is 0 Å². The molecule has 12 rings (SSSR count). The SMILES string of the molecule is CC1(c2ccccc2)c2ccccc2-c2cc(-c3ccccc3-c3cc(-c4ccc5sc6ccccc6c5c4)cc(-c4cc(-c5ccccc5)nc(-c5ccccc5)n4)c3)ccc21. The number of rotatable bonds is 7. The van der Waals surface area contributed by atoms with Gasteiger partial charge in [0.05, 0.1) is 11.4 Å². The van der Waals surface area contributed by atoms with Gasteiger partial charge in [-0.1, -0.05) is 176 Å². The number of aromatic nitrogens is 2. The van der Waals surface area contributed by atoms with Gasteiger partial charge in [-0.3, -0.25) is 0 Å². The van der Waals surface area contributed by atoms with E-state index in [-0.39, 0.29) is 5.41 Å². The molecule has 3 heteroatoms. The molecule has 9 aromatic carbocycles. The summed E-state index contributed by atoms with van der Waals surface area (Å²) in [5, 5.41) is 2.57. The number of fused-ring (bicyclic) bond motifs is 6. The summed E-state index contributed by atoms with van der Waals surface area (Å²) in [6.07, 6.45) is 0. The van der Waals surface area contributed by atoms with Crippen LogP contribution in [0, 0.1) is 0 Å². The van der Waals surface area contributed by atoms with E-state index in [1.165, 1.54) is 70.2 Å². The normalized spacial score (nSPS) is 14.2. The van der Waals surface area contributed by atoms with Gasteiger partial charge in [0.2, 0.25) is 0 Å².